The Morgan fingerprint density at radius 1 is 1.15 bits per heavy atom. The van der Waals surface area contributed by atoms with Gasteiger partial charge in [0.15, 0.2) is 12.2 Å². The highest BCUT2D eigenvalue weighted by molar-refractivity contribution is 5.85. The number of esters is 1. The second-order valence-electron chi connectivity index (χ2n) is 6.09. The zero-order chi connectivity index (χ0) is 14.5. The molecule has 1 aliphatic heterocycles. The minimum Gasteiger partial charge on any atom is -0.450 e. The molecule has 2 fully saturated rings. The molecule has 5 heteroatoms. The van der Waals surface area contributed by atoms with Gasteiger partial charge in [-0.25, -0.2) is 4.79 Å². The third-order valence-electron chi connectivity index (χ3n) is 4.00. The van der Waals surface area contributed by atoms with Crippen LogP contribution in [-0.4, -0.2) is 36.7 Å². The average Bonchev–Trinajstić information content (AvgIpc) is 3.07. The Labute approximate surface area is 120 Å². The van der Waals surface area contributed by atoms with Gasteiger partial charge in [0.1, 0.15) is 0 Å². The first-order chi connectivity index (χ1) is 9.58. The van der Waals surface area contributed by atoms with Gasteiger partial charge in [0, 0.05) is 12.6 Å². The quantitative estimate of drug-likeness (QED) is 0.781. The summed E-state index contributed by atoms with van der Waals surface area (Å²) in [5.74, 6) is -0.609. The van der Waals surface area contributed by atoms with Gasteiger partial charge in [0.2, 0.25) is 0 Å². The molecule has 2 atom stereocenters. The van der Waals surface area contributed by atoms with E-state index in [9.17, 15) is 9.59 Å². The van der Waals surface area contributed by atoms with Gasteiger partial charge in [-0.1, -0.05) is 26.7 Å². The second-order valence-corrected chi connectivity index (χ2v) is 6.09. The van der Waals surface area contributed by atoms with Gasteiger partial charge in [0.25, 0.3) is 5.91 Å². The molecule has 1 N–H and O–H groups in total. The van der Waals surface area contributed by atoms with E-state index in [0.29, 0.717) is 13.0 Å². The van der Waals surface area contributed by atoms with Gasteiger partial charge in [-0.2, -0.15) is 0 Å². The van der Waals surface area contributed by atoms with Crippen molar-refractivity contribution < 1.29 is 19.1 Å². The molecule has 1 amide bonds. The smallest absolute Gasteiger partial charge is 0.336 e. The molecule has 1 saturated carbocycles. The SMILES string of the molecule is CC(C)[C@H](OC(=O)[C@H]1CCCO1)C(=O)NC1CCCC1. The van der Waals surface area contributed by atoms with E-state index < -0.39 is 18.2 Å². The zero-order valence-electron chi connectivity index (χ0n) is 12.4. The van der Waals surface area contributed by atoms with Crippen LogP contribution in [0, 0.1) is 5.92 Å². The molecule has 114 valence electrons. The first kappa shape index (κ1) is 15.3. The van der Waals surface area contributed by atoms with Crippen molar-refractivity contribution in [2.45, 2.75) is 70.6 Å². The van der Waals surface area contributed by atoms with Crippen LogP contribution in [0.4, 0.5) is 0 Å². The van der Waals surface area contributed by atoms with Crippen LogP contribution in [0.3, 0.4) is 0 Å². The fourth-order valence-corrected chi connectivity index (χ4v) is 2.81. The van der Waals surface area contributed by atoms with Crippen molar-refractivity contribution in [3.63, 3.8) is 0 Å². The Bertz CT molecular complexity index is 344. The molecule has 0 aromatic rings. The molecule has 2 rings (SSSR count). The van der Waals surface area contributed by atoms with Crippen molar-refractivity contribution >= 4 is 11.9 Å². The van der Waals surface area contributed by atoms with E-state index in [-0.39, 0.29) is 17.9 Å². The number of amides is 1. The normalized spacial score (nSPS) is 24.9. The molecule has 1 heterocycles. The van der Waals surface area contributed by atoms with E-state index in [0.717, 1.165) is 32.1 Å². The predicted molar refractivity (Wildman–Crippen MR) is 74.1 cm³/mol. The minimum absolute atomic E-state index is 0.0400. The fourth-order valence-electron chi connectivity index (χ4n) is 2.81. The van der Waals surface area contributed by atoms with Crippen LogP contribution in [0.15, 0.2) is 0 Å². The van der Waals surface area contributed by atoms with Crippen LogP contribution < -0.4 is 5.32 Å². The van der Waals surface area contributed by atoms with Gasteiger partial charge in [-0.05, 0) is 31.6 Å². The molecule has 0 unspecified atom stereocenters. The highest BCUT2D eigenvalue weighted by atomic mass is 16.6. The van der Waals surface area contributed by atoms with Gasteiger partial charge in [-0.3, -0.25) is 4.79 Å². The lowest BCUT2D eigenvalue weighted by atomic mass is 10.1. The molecule has 0 aromatic heterocycles. The molecule has 5 nitrogen and oxygen atoms in total. The first-order valence-corrected chi connectivity index (χ1v) is 7.70. The molecule has 0 bridgehead atoms. The van der Waals surface area contributed by atoms with Gasteiger partial charge < -0.3 is 14.8 Å². The number of nitrogens with one attached hydrogen (secondary N) is 1. The summed E-state index contributed by atoms with van der Waals surface area (Å²) < 4.78 is 10.7. The van der Waals surface area contributed by atoms with E-state index in [1.165, 1.54) is 0 Å². The summed E-state index contributed by atoms with van der Waals surface area (Å²) in [6, 6.07) is 0.241. The van der Waals surface area contributed by atoms with Crippen molar-refractivity contribution in [2.75, 3.05) is 6.61 Å². The Morgan fingerprint density at radius 2 is 1.85 bits per heavy atom. The number of ether oxygens (including phenoxy) is 2. The van der Waals surface area contributed by atoms with Crippen molar-refractivity contribution in [3.8, 4) is 0 Å². The monoisotopic (exact) mass is 283 g/mol. The average molecular weight is 283 g/mol. The topological polar surface area (TPSA) is 64.6 Å². The van der Waals surface area contributed by atoms with E-state index in [2.05, 4.69) is 5.32 Å². The molecular formula is C15H25NO4. The molecule has 0 aromatic carbocycles. The van der Waals surface area contributed by atoms with Crippen molar-refractivity contribution in [2.24, 2.45) is 5.92 Å². The van der Waals surface area contributed by atoms with Crippen molar-refractivity contribution in [1.82, 2.24) is 5.32 Å². The van der Waals surface area contributed by atoms with Crippen LogP contribution in [0.25, 0.3) is 0 Å². The van der Waals surface area contributed by atoms with Crippen LogP contribution in [0.5, 0.6) is 0 Å². The Hall–Kier alpha value is -1.10. The van der Waals surface area contributed by atoms with E-state index in [1.54, 1.807) is 0 Å². The molecule has 0 radical (unpaired) electrons. The fraction of sp³-hybridized carbons (Fsp3) is 0.867. The summed E-state index contributed by atoms with van der Waals surface area (Å²) >= 11 is 0. The number of rotatable bonds is 5. The van der Waals surface area contributed by atoms with Crippen LogP contribution >= 0.6 is 0 Å². The zero-order valence-corrected chi connectivity index (χ0v) is 12.4. The third kappa shape index (κ3) is 3.95. The summed E-state index contributed by atoms with van der Waals surface area (Å²) in [5.41, 5.74) is 0. The first-order valence-electron chi connectivity index (χ1n) is 7.70. The molecule has 20 heavy (non-hydrogen) atoms. The van der Waals surface area contributed by atoms with Crippen LogP contribution in [0.2, 0.25) is 0 Å². The lowest BCUT2D eigenvalue weighted by Gasteiger charge is -2.24. The van der Waals surface area contributed by atoms with E-state index in [4.69, 9.17) is 9.47 Å². The molecule has 2 aliphatic rings. The van der Waals surface area contributed by atoms with Crippen molar-refractivity contribution in [3.05, 3.63) is 0 Å². The van der Waals surface area contributed by atoms with Crippen LogP contribution in [-0.2, 0) is 19.1 Å². The molecule has 0 spiro atoms. The number of carbonyl (C=O) groups excluding carboxylic acids is 2. The van der Waals surface area contributed by atoms with Gasteiger partial charge in [0.05, 0.1) is 0 Å². The maximum atomic E-state index is 12.3. The van der Waals surface area contributed by atoms with E-state index in [1.807, 2.05) is 13.8 Å². The van der Waals surface area contributed by atoms with Gasteiger partial charge >= 0.3 is 5.97 Å². The summed E-state index contributed by atoms with van der Waals surface area (Å²) in [6.07, 6.45) is 4.73. The van der Waals surface area contributed by atoms with Gasteiger partial charge in [-0.15, -0.1) is 0 Å². The Balaban J connectivity index is 1.88. The number of carbonyl (C=O) groups is 2. The maximum Gasteiger partial charge on any atom is 0.336 e. The maximum absolute atomic E-state index is 12.3. The summed E-state index contributed by atoms with van der Waals surface area (Å²) in [5, 5.41) is 3.00. The highest BCUT2D eigenvalue weighted by Gasteiger charge is 2.33. The number of hydrogen-bond donors (Lipinski definition) is 1. The lowest BCUT2D eigenvalue weighted by Crippen LogP contribution is -2.45. The molecular weight excluding hydrogens is 258 g/mol. The summed E-state index contributed by atoms with van der Waals surface area (Å²) in [6.45, 7) is 4.38. The lowest BCUT2D eigenvalue weighted by molar-refractivity contribution is -0.167. The van der Waals surface area contributed by atoms with Crippen LogP contribution in [0.1, 0.15) is 52.4 Å². The Morgan fingerprint density at radius 3 is 2.40 bits per heavy atom. The van der Waals surface area contributed by atoms with E-state index >= 15 is 0 Å². The minimum atomic E-state index is -0.715. The molecule has 1 saturated heterocycles. The summed E-state index contributed by atoms with van der Waals surface area (Å²) in [7, 11) is 0. The Kier molecular flexibility index (Phi) is 5.40. The highest BCUT2D eigenvalue weighted by Crippen LogP contribution is 2.20. The standard InChI is InChI=1S/C15H25NO4/c1-10(2)13(14(17)16-11-6-3-4-7-11)20-15(18)12-8-5-9-19-12/h10-13H,3-9H2,1-2H3,(H,16,17)/t12-,13+/m1/s1. The largest absolute Gasteiger partial charge is 0.450 e. The number of hydrogen-bond acceptors (Lipinski definition) is 4. The predicted octanol–water partition coefficient (Wildman–Crippen LogP) is 1.79. The molecule has 1 aliphatic carbocycles. The summed E-state index contributed by atoms with van der Waals surface area (Å²) in [4.78, 5) is 24.2. The second kappa shape index (κ2) is 7.07. The third-order valence-corrected chi connectivity index (χ3v) is 4.00. The van der Waals surface area contributed by atoms with Crippen molar-refractivity contribution in [1.29, 1.82) is 0 Å².